The van der Waals surface area contributed by atoms with Crippen LogP contribution in [-0.2, 0) is 0 Å². The van der Waals surface area contributed by atoms with E-state index in [0.717, 1.165) is 22.9 Å². The molecule has 0 unspecified atom stereocenters. The number of hydrogen-bond donors (Lipinski definition) is 1. The lowest BCUT2D eigenvalue weighted by Crippen LogP contribution is -2.04. The van der Waals surface area contributed by atoms with E-state index in [0.29, 0.717) is 34.0 Å². The molecule has 0 saturated carbocycles. The molecule has 0 saturated heterocycles. The molecule has 0 aliphatic carbocycles. The standard InChI is InChI=1S/C28H22F2N4O/c1-16-12-24(28(32-15-16)18-7-9-20(35-3)10-8-18)34-27-17(2)26(22-6-4-5-11-31-22)33-23-14-19(29)13-21(30)25(23)27/h4-15H,1-3H3,(H,33,34). The molecule has 3 aromatic heterocycles. The van der Waals surface area contributed by atoms with Gasteiger partial charge in [0.2, 0.25) is 0 Å². The monoisotopic (exact) mass is 468 g/mol. The van der Waals surface area contributed by atoms with Gasteiger partial charge in [-0.15, -0.1) is 0 Å². The second kappa shape index (κ2) is 9.10. The molecule has 5 aromatic rings. The van der Waals surface area contributed by atoms with Crippen molar-refractivity contribution in [1.29, 1.82) is 0 Å². The van der Waals surface area contributed by atoms with Crippen molar-refractivity contribution in [2.45, 2.75) is 13.8 Å². The zero-order valence-corrected chi connectivity index (χ0v) is 19.4. The minimum atomic E-state index is -0.697. The van der Waals surface area contributed by atoms with Crippen LogP contribution in [0.4, 0.5) is 20.2 Å². The molecule has 0 atom stereocenters. The third-order valence-electron chi connectivity index (χ3n) is 5.80. The lowest BCUT2D eigenvalue weighted by molar-refractivity contribution is 0.415. The number of aryl methyl sites for hydroxylation is 1. The Morgan fingerprint density at radius 2 is 1.69 bits per heavy atom. The fourth-order valence-corrected chi connectivity index (χ4v) is 4.09. The van der Waals surface area contributed by atoms with E-state index in [9.17, 15) is 4.39 Å². The highest BCUT2D eigenvalue weighted by atomic mass is 19.1. The van der Waals surface area contributed by atoms with Crippen LogP contribution in [0.3, 0.4) is 0 Å². The van der Waals surface area contributed by atoms with Gasteiger partial charge in [0.15, 0.2) is 0 Å². The van der Waals surface area contributed by atoms with E-state index in [-0.39, 0.29) is 10.9 Å². The number of fused-ring (bicyclic) bond motifs is 1. The van der Waals surface area contributed by atoms with Crippen LogP contribution < -0.4 is 10.1 Å². The molecule has 0 amide bonds. The molecule has 174 valence electrons. The number of pyridine rings is 3. The average Bonchev–Trinajstić information content (AvgIpc) is 2.86. The SMILES string of the molecule is COc1ccc(-c2ncc(C)cc2Nc2c(C)c(-c3ccccn3)nc3cc(F)cc(F)c23)cc1. The summed E-state index contributed by atoms with van der Waals surface area (Å²) in [5.74, 6) is -0.659. The van der Waals surface area contributed by atoms with Gasteiger partial charge in [-0.1, -0.05) is 6.07 Å². The topological polar surface area (TPSA) is 59.9 Å². The average molecular weight is 469 g/mol. The van der Waals surface area contributed by atoms with Gasteiger partial charge in [-0.25, -0.2) is 13.8 Å². The quantitative estimate of drug-likeness (QED) is 0.301. The Morgan fingerprint density at radius 1 is 0.886 bits per heavy atom. The number of nitrogens with one attached hydrogen (secondary N) is 1. The van der Waals surface area contributed by atoms with Crippen LogP contribution in [0.2, 0.25) is 0 Å². The first-order valence-corrected chi connectivity index (χ1v) is 11.0. The van der Waals surface area contributed by atoms with Crippen LogP contribution in [0.25, 0.3) is 33.5 Å². The summed E-state index contributed by atoms with van der Waals surface area (Å²) in [5, 5.41) is 3.60. The summed E-state index contributed by atoms with van der Waals surface area (Å²) < 4.78 is 34.6. The highest BCUT2D eigenvalue weighted by molar-refractivity contribution is 5.99. The number of anilines is 2. The highest BCUT2D eigenvalue weighted by Gasteiger charge is 2.20. The molecule has 0 radical (unpaired) electrons. The number of nitrogens with zero attached hydrogens (tertiary/aromatic N) is 3. The molecule has 1 N–H and O–H groups in total. The molecule has 2 aromatic carbocycles. The van der Waals surface area contributed by atoms with Crippen LogP contribution in [-0.4, -0.2) is 22.1 Å². The highest BCUT2D eigenvalue weighted by Crippen LogP contribution is 2.38. The molecular formula is C28H22F2N4O. The fraction of sp³-hybridized carbons (Fsp3) is 0.107. The van der Waals surface area contributed by atoms with Gasteiger partial charge in [-0.05, 0) is 61.9 Å². The number of ether oxygens (including phenoxy) is 1. The minimum Gasteiger partial charge on any atom is -0.497 e. The van der Waals surface area contributed by atoms with E-state index < -0.39 is 11.6 Å². The van der Waals surface area contributed by atoms with Gasteiger partial charge in [0.1, 0.15) is 17.4 Å². The Labute approximate surface area is 201 Å². The summed E-state index contributed by atoms with van der Waals surface area (Å²) in [6.07, 6.45) is 3.43. The molecule has 0 spiro atoms. The fourth-order valence-electron chi connectivity index (χ4n) is 4.09. The zero-order valence-electron chi connectivity index (χ0n) is 19.4. The molecule has 0 bridgehead atoms. The number of methoxy groups -OCH3 is 1. The predicted molar refractivity (Wildman–Crippen MR) is 134 cm³/mol. The maximum atomic E-state index is 15.1. The number of aromatic nitrogens is 3. The van der Waals surface area contributed by atoms with Crippen molar-refractivity contribution < 1.29 is 13.5 Å². The summed E-state index contributed by atoms with van der Waals surface area (Å²) in [5.41, 5.74) is 5.67. The van der Waals surface area contributed by atoms with E-state index >= 15 is 4.39 Å². The number of hydrogen-bond acceptors (Lipinski definition) is 5. The van der Waals surface area contributed by atoms with Crippen molar-refractivity contribution in [3.63, 3.8) is 0 Å². The number of halogens is 2. The Balaban J connectivity index is 1.73. The predicted octanol–water partition coefficient (Wildman–Crippen LogP) is 7.01. The van der Waals surface area contributed by atoms with E-state index in [1.54, 1.807) is 25.6 Å². The summed E-state index contributed by atoms with van der Waals surface area (Å²) in [4.78, 5) is 13.6. The number of benzene rings is 2. The van der Waals surface area contributed by atoms with Crippen molar-refractivity contribution >= 4 is 22.3 Å². The van der Waals surface area contributed by atoms with Crippen molar-refractivity contribution in [1.82, 2.24) is 15.0 Å². The Bertz CT molecular complexity index is 1540. The Hall–Kier alpha value is -4.39. The van der Waals surface area contributed by atoms with Crippen LogP contribution in [0.15, 0.2) is 73.1 Å². The minimum absolute atomic E-state index is 0.197. The van der Waals surface area contributed by atoms with Gasteiger partial charge >= 0.3 is 0 Å². The summed E-state index contributed by atoms with van der Waals surface area (Å²) in [7, 11) is 1.61. The van der Waals surface area contributed by atoms with Gasteiger partial charge in [0.25, 0.3) is 0 Å². The van der Waals surface area contributed by atoms with Crippen LogP contribution in [0.5, 0.6) is 5.75 Å². The van der Waals surface area contributed by atoms with Crippen molar-refractivity contribution in [3.05, 3.63) is 95.8 Å². The summed E-state index contributed by atoms with van der Waals surface area (Å²) in [6, 6.07) is 17.0. The third kappa shape index (κ3) is 4.28. The van der Waals surface area contributed by atoms with E-state index in [1.165, 1.54) is 6.07 Å². The summed E-state index contributed by atoms with van der Waals surface area (Å²) in [6.45, 7) is 3.78. The Morgan fingerprint density at radius 3 is 2.40 bits per heavy atom. The van der Waals surface area contributed by atoms with Crippen LogP contribution in [0.1, 0.15) is 11.1 Å². The second-order valence-electron chi connectivity index (χ2n) is 8.22. The maximum Gasteiger partial charge on any atom is 0.137 e. The lowest BCUT2D eigenvalue weighted by atomic mass is 10.0. The van der Waals surface area contributed by atoms with Crippen molar-refractivity contribution in [2.24, 2.45) is 0 Å². The van der Waals surface area contributed by atoms with Crippen LogP contribution in [0, 0.1) is 25.5 Å². The molecule has 0 aliphatic rings. The second-order valence-corrected chi connectivity index (χ2v) is 8.22. The zero-order chi connectivity index (χ0) is 24.5. The largest absolute Gasteiger partial charge is 0.497 e. The molecule has 35 heavy (non-hydrogen) atoms. The first-order valence-electron chi connectivity index (χ1n) is 11.0. The van der Waals surface area contributed by atoms with Gasteiger partial charge in [0, 0.05) is 35.7 Å². The smallest absolute Gasteiger partial charge is 0.137 e. The summed E-state index contributed by atoms with van der Waals surface area (Å²) >= 11 is 0. The molecular weight excluding hydrogens is 446 g/mol. The normalized spacial score (nSPS) is 11.0. The molecule has 0 aliphatic heterocycles. The third-order valence-corrected chi connectivity index (χ3v) is 5.80. The van der Waals surface area contributed by atoms with Gasteiger partial charge < -0.3 is 10.1 Å². The van der Waals surface area contributed by atoms with Crippen LogP contribution >= 0.6 is 0 Å². The van der Waals surface area contributed by atoms with Crippen molar-refractivity contribution in [2.75, 3.05) is 12.4 Å². The van der Waals surface area contributed by atoms with Crippen molar-refractivity contribution in [3.8, 4) is 28.4 Å². The van der Waals surface area contributed by atoms with E-state index in [4.69, 9.17) is 4.74 Å². The first kappa shape index (κ1) is 22.4. The lowest BCUT2D eigenvalue weighted by Gasteiger charge is -2.19. The molecule has 3 heterocycles. The maximum absolute atomic E-state index is 15.1. The molecule has 7 heteroatoms. The van der Waals surface area contributed by atoms with E-state index in [2.05, 4.69) is 20.3 Å². The van der Waals surface area contributed by atoms with E-state index in [1.807, 2.05) is 56.3 Å². The molecule has 5 nitrogen and oxygen atoms in total. The van der Waals surface area contributed by atoms with Gasteiger partial charge in [-0.2, -0.15) is 0 Å². The first-order chi connectivity index (χ1) is 16.9. The number of rotatable bonds is 5. The molecule has 0 fully saturated rings. The molecule has 5 rings (SSSR count). The Kier molecular flexibility index (Phi) is 5.82. The van der Waals surface area contributed by atoms with Gasteiger partial charge in [0.05, 0.1) is 46.5 Å². The van der Waals surface area contributed by atoms with Gasteiger partial charge in [-0.3, -0.25) is 9.97 Å².